The molecule has 1 aromatic carbocycles. The molecule has 4 heterocycles. The van der Waals surface area contributed by atoms with Crippen LogP contribution in [0.2, 0.25) is 0 Å². The summed E-state index contributed by atoms with van der Waals surface area (Å²) in [4.78, 5) is 26.5. The minimum absolute atomic E-state index is 0.0175. The van der Waals surface area contributed by atoms with E-state index in [-0.39, 0.29) is 23.1 Å². The van der Waals surface area contributed by atoms with Crippen LogP contribution in [0.5, 0.6) is 0 Å². The summed E-state index contributed by atoms with van der Waals surface area (Å²) in [6, 6.07) is 8.73. The lowest BCUT2D eigenvalue weighted by atomic mass is 10.0. The first kappa shape index (κ1) is 21.8. The number of benzene rings is 1. The van der Waals surface area contributed by atoms with Crippen molar-refractivity contribution in [3.8, 4) is 5.82 Å². The highest BCUT2D eigenvalue weighted by molar-refractivity contribution is 5.77. The molecular formula is C25H25F2N7O. The van der Waals surface area contributed by atoms with Crippen LogP contribution in [0.3, 0.4) is 0 Å². The van der Waals surface area contributed by atoms with Gasteiger partial charge >= 0.3 is 0 Å². The summed E-state index contributed by atoms with van der Waals surface area (Å²) in [7, 11) is 0. The number of pyridine rings is 1. The minimum Gasteiger partial charge on any atom is -0.324 e. The Balaban J connectivity index is 1.48. The fourth-order valence-corrected chi connectivity index (χ4v) is 4.58. The largest absolute Gasteiger partial charge is 0.324 e. The molecule has 2 N–H and O–H groups in total. The molecule has 4 aromatic rings. The summed E-state index contributed by atoms with van der Waals surface area (Å²) >= 11 is 0. The molecule has 3 aromatic heterocycles. The van der Waals surface area contributed by atoms with E-state index >= 15 is 0 Å². The summed E-state index contributed by atoms with van der Waals surface area (Å²) in [5.41, 5.74) is 1.17. The van der Waals surface area contributed by atoms with Crippen LogP contribution in [-0.2, 0) is 18.6 Å². The van der Waals surface area contributed by atoms with Gasteiger partial charge in [-0.1, -0.05) is 6.07 Å². The van der Waals surface area contributed by atoms with Gasteiger partial charge in [0.25, 0.3) is 5.56 Å². The van der Waals surface area contributed by atoms with Crippen LogP contribution >= 0.6 is 0 Å². The quantitative estimate of drug-likeness (QED) is 0.451. The summed E-state index contributed by atoms with van der Waals surface area (Å²) in [5, 5.41) is 6.92. The van der Waals surface area contributed by atoms with Crippen LogP contribution in [0, 0.1) is 5.82 Å². The highest BCUT2D eigenvalue weighted by atomic mass is 19.1. The lowest BCUT2D eigenvalue weighted by molar-refractivity contribution is 0.205. The smallest absolute Gasteiger partial charge is 0.278 e. The van der Waals surface area contributed by atoms with Crippen molar-refractivity contribution < 1.29 is 8.78 Å². The van der Waals surface area contributed by atoms with Gasteiger partial charge in [-0.15, -0.1) is 0 Å². The Kier molecular flexibility index (Phi) is 4.96. The molecule has 1 saturated carbocycles. The Morgan fingerprint density at radius 3 is 2.74 bits per heavy atom. The highest BCUT2D eigenvalue weighted by Crippen LogP contribution is 2.36. The van der Waals surface area contributed by atoms with Crippen molar-refractivity contribution in [3.63, 3.8) is 0 Å². The van der Waals surface area contributed by atoms with Crippen molar-refractivity contribution in [2.75, 3.05) is 11.9 Å². The SMILES string of the molecule is CC(C)(F)c1nc(-n2c3nc(Nc4ccc5c(c4)CCNC5)ncc3c(=O)n2C2CC2)ccc1F. The predicted molar refractivity (Wildman–Crippen MR) is 128 cm³/mol. The van der Waals surface area contributed by atoms with E-state index in [0.29, 0.717) is 17.0 Å². The number of nitrogens with one attached hydrogen (secondary N) is 2. The number of alkyl halides is 1. The molecule has 35 heavy (non-hydrogen) atoms. The Morgan fingerprint density at radius 2 is 1.97 bits per heavy atom. The van der Waals surface area contributed by atoms with E-state index in [9.17, 15) is 13.6 Å². The first-order valence-corrected chi connectivity index (χ1v) is 11.8. The van der Waals surface area contributed by atoms with E-state index in [1.54, 1.807) is 9.36 Å². The number of hydrogen-bond donors (Lipinski definition) is 2. The van der Waals surface area contributed by atoms with E-state index in [2.05, 4.69) is 37.7 Å². The molecule has 0 spiro atoms. The van der Waals surface area contributed by atoms with E-state index in [1.165, 1.54) is 43.3 Å². The Morgan fingerprint density at radius 1 is 1.14 bits per heavy atom. The number of rotatable bonds is 5. The third kappa shape index (κ3) is 3.87. The standard InChI is InChI=1S/C25H25F2N7O/c1-25(2,27)21-19(26)7-8-20(31-21)34-22-18(23(35)33(34)17-5-6-17)13-29-24(32-22)30-16-4-3-15-12-28-10-9-14(15)11-16/h3-4,7-8,11,13,17,28H,5-6,9-10,12H2,1-2H3,(H,29,30,32). The molecule has 0 amide bonds. The van der Waals surface area contributed by atoms with Gasteiger partial charge in [-0.2, -0.15) is 4.98 Å². The molecule has 10 heteroatoms. The molecule has 180 valence electrons. The molecule has 0 atom stereocenters. The lowest BCUT2D eigenvalue weighted by Gasteiger charge is -2.18. The number of hydrogen-bond acceptors (Lipinski definition) is 6. The van der Waals surface area contributed by atoms with Gasteiger partial charge in [-0.3, -0.25) is 4.79 Å². The molecule has 1 aliphatic carbocycles. The van der Waals surface area contributed by atoms with E-state index in [0.717, 1.165) is 38.0 Å². The fourth-order valence-electron chi connectivity index (χ4n) is 4.58. The van der Waals surface area contributed by atoms with Gasteiger partial charge in [0.05, 0.1) is 6.04 Å². The topological polar surface area (TPSA) is 89.7 Å². The van der Waals surface area contributed by atoms with Gasteiger partial charge in [0, 0.05) is 18.4 Å². The van der Waals surface area contributed by atoms with Crippen LogP contribution in [0.4, 0.5) is 20.4 Å². The second kappa shape index (κ2) is 7.94. The fraction of sp³-hybridized carbons (Fsp3) is 0.360. The molecule has 2 aliphatic rings. The van der Waals surface area contributed by atoms with Crippen LogP contribution < -0.4 is 16.2 Å². The molecule has 1 fully saturated rings. The van der Waals surface area contributed by atoms with E-state index in [1.807, 2.05) is 6.07 Å². The normalized spacial score (nSPS) is 15.9. The van der Waals surface area contributed by atoms with Crippen LogP contribution in [0.15, 0.2) is 41.3 Å². The Bertz CT molecular complexity index is 1520. The number of halogens is 2. The minimum atomic E-state index is -1.99. The van der Waals surface area contributed by atoms with E-state index in [4.69, 9.17) is 0 Å². The zero-order valence-corrected chi connectivity index (χ0v) is 19.5. The third-order valence-corrected chi connectivity index (χ3v) is 6.48. The first-order chi connectivity index (χ1) is 16.8. The highest BCUT2D eigenvalue weighted by Gasteiger charge is 2.32. The van der Waals surface area contributed by atoms with Crippen LogP contribution in [0.1, 0.15) is 49.6 Å². The summed E-state index contributed by atoms with van der Waals surface area (Å²) in [6.07, 6.45) is 4.11. The van der Waals surface area contributed by atoms with Gasteiger partial charge in [-0.05, 0) is 75.0 Å². The number of nitrogens with zero attached hydrogens (tertiary/aromatic N) is 5. The first-order valence-electron chi connectivity index (χ1n) is 11.8. The van der Waals surface area contributed by atoms with Crippen molar-refractivity contribution in [3.05, 3.63) is 69.5 Å². The predicted octanol–water partition coefficient (Wildman–Crippen LogP) is 4.05. The second-order valence-corrected chi connectivity index (χ2v) is 9.63. The maximum absolute atomic E-state index is 14.7. The molecule has 0 unspecified atom stereocenters. The van der Waals surface area contributed by atoms with Crippen molar-refractivity contribution in [2.24, 2.45) is 0 Å². The van der Waals surface area contributed by atoms with Crippen LogP contribution in [-0.4, -0.2) is 30.9 Å². The summed E-state index contributed by atoms with van der Waals surface area (Å²) < 4.78 is 32.2. The molecule has 0 saturated heterocycles. The monoisotopic (exact) mass is 477 g/mol. The zero-order valence-electron chi connectivity index (χ0n) is 19.5. The number of aromatic nitrogens is 5. The maximum Gasteiger partial charge on any atom is 0.278 e. The average molecular weight is 478 g/mol. The van der Waals surface area contributed by atoms with Gasteiger partial charge in [-0.25, -0.2) is 28.1 Å². The molecule has 8 nitrogen and oxygen atoms in total. The molecule has 6 rings (SSSR count). The van der Waals surface area contributed by atoms with Gasteiger partial charge < -0.3 is 10.6 Å². The van der Waals surface area contributed by atoms with E-state index < -0.39 is 11.5 Å². The van der Waals surface area contributed by atoms with Gasteiger partial charge in [0.2, 0.25) is 5.95 Å². The molecular weight excluding hydrogens is 452 g/mol. The number of fused-ring (bicyclic) bond motifs is 2. The van der Waals surface area contributed by atoms with Crippen LogP contribution in [0.25, 0.3) is 16.9 Å². The molecule has 0 bridgehead atoms. The lowest BCUT2D eigenvalue weighted by Crippen LogP contribution is -2.23. The Labute approximate surface area is 200 Å². The van der Waals surface area contributed by atoms with Crippen molar-refractivity contribution >= 4 is 22.7 Å². The zero-order chi connectivity index (χ0) is 24.3. The third-order valence-electron chi connectivity index (χ3n) is 6.48. The summed E-state index contributed by atoms with van der Waals surface area (Å²) in [5.74, 6) is -0.184. The van der Waals surface area contributed by atoms with Gasteiger partial charge in [0.1, 0.15) is 22.6 Å². The van der Waals surface area contributed by atoms with Crippen molar-refractivity contribution in [2.45, 2.75) is 51.4 Å². The second-order valence-electron chi connectivity index (χ2n) is 9.63. The maximum atomic E-state index is 14.7. The van der Waals surface area contributed by atoms with Crippen molar-refractivity contribution in [1.29, 1.82) is 0 Å². The molecule has 0 radical (unpaired) electrons. The molecule has 1 aliphatic heterocycles. The van der Waals surface area contributed by atoms with Gasteiger partial charge in [0.15, 0.2) is 11.5 Å². The average Bonchev–Trinajstić information content (AvgIpc) is 3.63. The Hall–Kier alpha value is -3.66. The number of anilines is 2. The summed E-state index contributed by atoms with van der Waals surface area (Å²) in [6.45, 7) is 4.29. The van der Waals surface area contributed by atoms with Crippen molar-refractivity contribution in [1.82, 2.24) is 29.6 Å².